The smallest absolute Gasteiger partial charge is 0.258 e. The van der Waals surface area contributed by atoms with E-state index in [0.29, 0.717) is 23.4 Å². The quantitative estimate of drug-likeness (QED) is 0.236. The molecule has 1 aromatic heterocycles. The molecule has 0 atom stereocenters. The van der Waals surface area contributed by atoms with Crippen molar-refractivity contribution in [3.05, 3.63) is 107 Å². The predicted molar refractivity (Wildman–Crippen MR) is 127 cm³/mol. The lowest BCUT2D eigenvalue weighted by atomic mass is 10.1. The molecule has 0 unspecified atom stereocenters. The van der Waals surface area contributed by atoms with Gasteiger partial charge in [0.05, 0.1) is 12.6 Å². The van der Waals surface area contributed by atoms with Gasteiger partial charge < -0.3 is 19.5 Å². The number of benzene rings is 2. The number of nitrogens with zero attached hydrogens (tertiary/aromatic N) is 1. The second kappa shape index (κ2) is 10.1. The Balaban J connectivity index is 1.81. The van der Waals surface area contributed by atoms with Gasteiger partial charge in [-0.2, -0.15) is 0 Å². The average molecular weight is 429 g/mol. The van der Waals surface area contributed by atoms with Crippen LogP contribution in [0.2, 0.25) is 0 Å². The van der Waals surface area contributed by atoms with Crippen molar-refractivity contribution >= 4 is 28.8 Å². The number of carbonyl (C=O) groups is 1. The van der Waals surface area contributed by atoms with Gasteiger partial charge in [-0.3, -0.25) is 9.59 Å². The van der Waals surface area contributed by atoms with Crippen LogP contribution in [0.25, 0.3) is 23.1 Å². The Labute approximate surface area is 185 Å². The Kier molecular flexibility index (Phi) is 7.08. The van der Waals surface area contributed by atoms with E-state index in [1.165, 1.54) is 31.4 Å². The first-order valence-corrected chi connectivity index (χ1v) is 9.84. The van der Waals surface area contributed by atoms with Crippen molar-refractivity contribution in [2.75, 3.05) is 7.11 Å². The zero-order valence-electron chi connectivity index (χ0n) is 17.6. The summed E-state index contributed by atoms with van der Waals surface area (Å²) >= 11 is 0. The van der Waals surface area contributed by atoms with Crippen molar-refractivity contribution < 1.29 is 19.7 Å². The van der Waals surface area contributed by atoms with Gasteiger partial charge in [-0.05, 0) is 53.4 Å². The van der Waals surface area contributed by atoms with Gasteiger partial charge in [0, 0.05) is 18.2 Å². The van der Waals surface area contributed by atoms with Crippen LogP contribution >= 0.6 is 0 Å². The maximum Gasteiger partial charge on any atom is 0.258 e. The lowest BCUT2D eigenvalue weighted by Crippen LogP contribution is -2.22. The van der Waals surface area contributed by atoms with Gasteiger partial charge in [-0.15, -0.1) is 6.58 Å². The summed E-state index contributed by atoms with van der Waals surface area (Å²) in [4.78, 5) is 25.0. The molecule has 0 aliphatic rings. The van der Waals surface area contributed by atoms with Crippen LogP contribution in [-0.4, -0.2) is 27.7 Å². The first-order chi connectivity index (χ1) is 15.4. The predicted octanol–water partition coefficient (Wildman–Crippen LogP) is 4.64. The Morgan fingerprint density at radius 3 is 2.66 bits per heavy atom. The molecular weight excluding hydrogens is 406 g/mol. The van der Waals surface area contributed by atoms with Gasteiger partial charge in [0.2, 0.25) is 0 Å². The molecule has 0 aliphatic carbocycles. The van der Waals surface area contributed by atoms with Gasteiger partial charge in [0.15, 0.2) is 17.3 Å². The molecular formula is C26H23NO5. The number of para-hydroxylation sites is 1. The number of carbonyl (C=O) groups excluding carboxylic acids is 1. The molecule has 0 saturated carbocycles. The summed E-state index contributed by atoms with van der Waals surface area (Å²) in [5, 5.41) is 20.5. The summed E-state index contributed by atoms with van der Waals surface area (Å²) in [5.41, 5.74) is 1.58. The molecule has 32 heavy (non-hydrogen) atoms. The Bertz CT molecular complexity index is 1310. The van der Waals surface area contributed by atoms with E-state index >= 15 is 0 Å². The maximum atomic E-state index is 12.8. The number of phenolic OH excluding ortho intramolecular Hbond substituents is 1. The normalized spacial score (nSPS) is 12.0. The zero-order valence-corrected chi connectivity index (χ0v) is 17.6. The van der Waals surface area contributed by atoms with Gasteiger partial charge in [-0.1, -0.05) is 36.4 Å². The minimum Gasteiger partial charge on any atom is -0.508 e. The number of allylic oxidation sites excluding steroid dienone is 4. The molecule has 6 nitrogen and oxygen atoms in total. The third kappa shape index (κ3) is 5.23. The van der Waals surface area contributed by atoms with E-state index in [1.54, 1.807) is 34.9 Å². The van der Waals surface area contributed by atoms with E-state index in [9.17, 15) is 19.8 Å². The number of hydrogen-bond donors (Lipinski definition) is 2. The Morgan fingerprint density at radius 2 is 1.91 bits per heavy atom. The van der Waals surface area contributed by atoms with Gasteiger partial charge in [-0.25, -0.2) is 0 Å². The molecule has 6 heteroatoms. The topological polar surface area (TPSA) is 88.8 Å². The van der Waals surface area contributed by atoms with Crippen LogP contribution in [0.15, 0.2) is 90.0 Å². The fourth-order valence-corrected chi connectivity index (χ4v) is 3.17. The number of ether oxygens (including phenoxy) is 1. The second-order valence-corrected chi connectivity index (χ2v) is 6.93. The molecule has 2 N–H and O–H groups in total. The number of fused-ring (bicyclic) bond motifs is 1. The number of rotatable bonds is 8. The number of aliphatic hydroxyl groups is 1. The van der Waals surface area contributed by atoms with Crippen LogP contribution < -0.4 is 10.3 Å². The summed E-state index contributed by atoms with van der Waals surface area (Å²) in [5.74, 6) is -0.426. The zero-order chi connectivity index (χ0) is 23.1. The number of hydrogen-bond acceptors (Lipinski definition) is 5. The lowest BCUT2D eigenvalue weighted by Gasteiger charge is -2.09. The van der Waals surface area contributed by atoms with Crippen LogP contribution in [-0.2, 0) is 11.3 Å². The fraction of sp³-hybridized carbons (Fsp3) is 0.0769. The van der Waals surface area contributed by atoms with Crippen molar-refractivity contribution in [3.8, 4) is 11.5 Å². The highest BCUT2D eigenvalue weighted by molar-refractivity contribution is 6.02. The molecule has 0 spiro atoms. The highest BCUT2D eigenvalue weighted by atomic mass is 16.5. The molecule has 162 valence electrons. The molecule has 0 amide bonds. The largest absolute Gasteiger partial charge is 0.508 e. The third-order valence-corrected chi connectivity index (χ3v) is 4.71. The SMILES string of the molecule is C=CCn1c(=O)c(/C=C/C(=O)/C=C(O)/C=C/c2ccc(O)c(OC)c2)cc2ccccc21. The summed E-state index contributed by atoms with van der Waals surface area (Å²) in [6.45, 7) is 4.05. The fourth-order valence-electron chi connectivity index (χ4n) is 3.17. The molecule has 1 heterocycles. The number of aromatic nitrogens is 1. The number of pyridine rings is 1. The Morgan fingerprint density at radius 1 is 1.12 bits per heavy atom. The van der Waals surface area contributed by atoms with Crippen molar-refractivity contribution in [3.63, 3.8) is 0 Å². The van der Waals surface area contributed by atoms with Crippen molar-refractivity contribution in [1.29, 1.82) is 0 Å². The summed E-state index contributed by atoms with van der Waals surface area (Å²) in [6.07, 6.45) is 8.29. The first kappa shape index (κ1) is 22.4. The second-order valence-electron chi connectivity index (χ2n) is 6.93. The molecule has 0 saturated heterocycles. The molecule has 0 radical (unpaired) electrons. The Hall–Kier alpha value is -4.32. The summed E-state index contributed by atoms with van der Waals surface area (Å²) in [7, 11) is 1.44. The first-order valence-electron chi connectivity index (χ1n) is 9.84. The van der Waals surface area contributed by atoms with Crippen LogP contribution in [0.1, 0.15) is 11.1 Å². The number of aromatic hydroxyl groups is 1. The van der Waals surface area contributed by atoms with Gasteiger partial charge >= 0.3 is 0 Å². The van der Waals surface area contributed by atoms with Crippen LogP contribution in [0, 0.1) is 0 Å². The van der Waals surface area contributed by atoms with E-state index in [2.05, 4.69) is 6.58 Å². The highest BCUT2D eigenvalue weighted by Gasteiger charge is 2.07. The van der Waals surface area contributed by atoms with Gasteiger partial charge in [0.1, 0.15) is 5.76 Å². The third-order valence-electron chi connectivity index (χ3n) is 4.71. The van der Waals surface area contributed by atoms with Gasteiger partial charge in [0.25, 0.3) is 5.56 Å². The van der Waals surface area contributed by atoms with Crippen LogP contribution in [0.3, 0.4) is 0 Å². The molecule has 2 aromatic carbocycles. The minimum absolute atomic E-state index is 0.00516. The minimum atomic E-state index is -0.474. The van der Waals surface area contributed by atoms with Crippen molar-refractivity contribution in [2.24, 2.45) is 0 Å². The molecule has 3 aromatic rings. The van der Waals surface area contributed by atoms with Crippen LogP contribution in [0.4, 0.5) is 0 Å². The number of aliphatic hydroxyl groups excluding tert-OH is 1. The monoisotopic (exact) mass is 429 g/mol. The number of phenols is 1. The lowest BCUT2D eigenvalue weighted by molar-refractivity contribution is -0.110. The van der Waals surface area contributed by atoms with Crippen LogP contribution in [0.5, 0.6) is 11.5 Å². The average Bonchev–Trinajstić information content (AvgIpc) is 2.79. The van der Waals surface area contributed by atoms with E-state index in [0.717, 1.165) is 17.0 Å². The molecule has 3 rings (SSSR count). The van der Waals surface area contributed by atoms with E-state index < -0.39 is 5.78 Å². The van der Waals surface area contributed by atoms with E-state index in [1.807, 2.05) is 24.3 Å². The number of methoxy groups -OCH3 is 1. The summed E-state index contributed by atoms with van der Waals surface area (Å²) < 4.78 is 6.63. The maximum absolute atomic E-state index is 12.8. The molecule has 0 fully saturated rings. The number of ketones is 1. The van der Waals surface area contributed by atoms with Crippen molar-refractivity contribution in [2.45, 2.75) is 6.54 Å². The van der Waals surface area contributed by atoms with E-state index in [4.69, 9.17) is 4.74 Å². The van der Waals surface area contributed by atoms with E-state index in [-0.39, 0.29) is 17.1 Å². The highest BCUT2D eigenvalue weighted by Crippen LogP contribution is 2.26. The summed E-state index contributed by atoms with van der Waals surface area (Å²) in [6, 6.07) is 13.9. The molecule has 0 bridgehead atoms. The standard InChI is InChI=1S/C26H23NO5/c1-3-14-27-23-7-5-4-6-19(23)16-20(26(27)31)10-12-22(29)17-21(28)11-8-18-9-13-24(30)25(15-18)32-2/h3-13,15-17,28,30H,1,14H2,2H3/b11-8+,12-10+,21-17-. The molecule has 0 aliphatic heterocycles. The van der Waals surface area contributed by atoms with Crippen molar-refractivity contribution in [1.82, 2.24) is 4.57 Å².